The number of benzene rings is 2. The molecule has 1 saturated heterocycles. The second-order valence-electron chi connectivity index (χ2n) is 7.97. The van der Waals surface area contributed by atoms with Crippen molar-refractivity contribution in [2.24, 2.45) is 0 Å². The molecule has 5 rings (SSSR count). The molecule has 2 aromatic heterocycles. The van der Waals surface area contributed by atoms with Crippen LogP contribution in [-0.4, -0.2) is 45.4 Å². The van der Waals surface area contributed by atoms with Crippen LogP contribution in [0, 0.1) is 0 Å². The van der Waals surface area contributed by atoms with Crippen LogP contribution in [0.5, 0.6) is 0 Å². The molecule has 1 N–H and O–H groups in total. The molecule has 0 atom stereocenters. The SMILES string of the molecule is C=CC(=O)N1CC(NC(=O)Cn2cc(-c3cocn3)c3ccc(-c4ccccc4Cl)cc32)C1. The van der Waals surface area contributed by atoms with Crippen molar-refractivity contribution in [3.63, 3.8) is 0 Å². The molecule has 33 heavy (non-hydrogen) atoms. The fraction of sp³-hybridized carbons (Fsp3) is 0.160. The number of amides is 2. The van der Waals surface area contributed by atoms with E-state index < -0.39 is 0 Å². The monoisotopic (exact) mass is 460 g/mol. The molecule has 4 aromatic rings. The molecule has 8 heteroatoms. The normalized spacial score (nSPS) is 13.7. The first-order valence-corrected chi connectivity index (χ1v) is 10.9. The number of halogens is 1. The maximum absolute atomic E-state index is 12.8. The van der Waals surface area contributed by atoms with Gasteiger partial charge in [-0.3, -0.25) is 9.59 Å². The molecular weight excluding hydrogens is 440 g/mol. The minimum absolute atomic E-state index is 0.0584. The first kappa shape index (κ1) is 21.0. The first-order valence-electron chi connectivity index (χ1n) is 10.5. The van der Waals surface area contributed by atoms with Crippen molar-refractivity contribution in [3.8, 4) is 22.4 Å². The maximum atomic E-state index is 12.8. The quantitative estimate of drug-likeness (QED) is 0.439. The summed E-state index contributed by atoms with van der Waals surface area (Å²) in [6, 6.07) is 13.6. The van der Waals surface area contributed by atoms with Crippen molar-refractivity contribution in [2.45, 2.75) is 12.6 Å². The molecule has 2 aromatic carbocycles. The number of carbonyl (C=O) groups excluding carboxylic acids is 2. The Morgan fingerprint density at radius 2 is 2.03 bits per heavy atom. The zero-order chi connectivity index (χ0) is 22.9. The molecule has 7 nitrogen and oxygen atoms in total. The Bertz CT molecular complexity index is 1350. The van der Waals surface area contributed by atoms with Crippen molar-refractivity contribution >= 4 is 34.3 Å². The van der Waals surface area contributed by atoms with Crippen molar-refractivity contribution in [3.05, 3.63) is 79.0 Å². The molecule has 0 saturated carbocycles. The second-order valence-corrected chi connectivity index (χ2v) is 8.38. The Hall–Kier alpha value is -3.84. The fourth-order valence-corrected chi connectivity index (χ4v) is 4.39. The Labute approximate surface area is 195 Å². The van der Waals surface area contributed by atoms with Crippen LogP contribution in [0.25, 0.3) is 33.3 Å². The van der Waals surface area contributed by atoms with E-state index in [1.165, 1.54) is 12.5 Å². The molecule has 3 heterocycles. The van der Waals surface area contributed by atoms with Gasteiger partial charge in [-0.2, -0.15) is 0 Å². The lowest BCUT2D eigenvalue weighted by Crippen LogP contribution is -2.61. The molecule has 166 valence electrons. The largest absolute Gasteiger partial charge is 0.451 e. The number of likely N-dealkylation sites (tertiary alicyclic amines) is 1. The van der Waals surface area contributed by atoms with Crippen LogP contribution in [0.4, 0.5) is 0 Å². The van der Waals surface area contributed by atoms with E-state index in [0.717, 1.165) is 27.6 Å². The summed E-state index contributed by atoms with van der Waals surface area (Å²) in [4.78, 5) is 30.3. The summed E-state index contributed by atoms with van der Waals surface area (Å²) in [6.45, 7) is 4.60. The molecule has 1 aliphatic rings. The summed E-state index contributed by atoms with van der Waals surface area (Å²) in [5.41, 5.74) is 4.34. The fourth-order valence-electron chi connectivity index (χ4n) is 4.14. The summed E-state index contributed by atoms with van der Waals surface area (Å²) in [7, 11) is 0. The lowest BCUT2D eigenvalue weighted by atomic mass is 10.0. The predicted octanol–water partition coefficient (Wildman–Crippen LogP) is 4.13. The summed E-state index contributed by atoms with van der Waals surface area (Å²) in [5, 5.41) is 4.61. The van der Waals surface area contributed by atoms with Crippen molar-refractivity contribution in [1.29, 1.82) is 0 Å². The average molecular weight is 461 g/mol. The molecule has 0 bridgehead atoms. The molecule has 0 unspecified atom stereocenters. The summed E-state index contributed by atoms with van der Waals surface area (Å²) < 4.78 is 7.08. The van der Waals surface area contributed by atoms with E-state index >= 15 is 0 Å². The van der Waals surface area contributed by atoms with Crippen LogP contribution >= 0.6 is 11.6 Å². The minimum atomic E-state index is -0.127. The van der Waals surface area contributed by atoms with Crippen LogP contribution in [-0.2, 0) is 16.1 Å². The molecule has 0 spiro atoms. The van der Waals surface area contributed by atoms with Gasteiger partial charge >= 0.3 is 0 Å². The average Bonchev–Trinajstić information content (AvgIpc) is 3.44. The predicted molar refractivity (Wildman–Crippen MR) is 127 cm³/mol. The molecule has 1 aliphatic heterocycles. The van der Waals surface area contributed by atoms with Crippen LogP contribution in [0.2, 0.25) is 5.02 Å². The van der Waals surface area contributed by atoms with Gasteiger partial charge in [-0.1, -0.05) is 48.5 Å². The van der Waals surface area contributed by atoms with Gasteiger partial charge in [-0.05, 0) is 23.8 Å². The number of carbonyl (C=O) groups is 2. The molecule has 0 aliphatic carbocycles. The van der Waals surface area contributed by atoms with Crippen LogP contribution in [0.15, 0.2) is 78.4 Å². The maximum Gasteiger partial charge on any atom is 0.246 e. The van der Waals surface area contributed by atoms with Gasteiger partial charge in [0.05, 0.1) is 6.04 Å². The highest BCUT2D eigenvalue weighted by molar-refractivity contribution is 6.33. The van der Waals surface area contributed by atoms with Crippen molar-refractivity contribution in [2.75, 3.05) is 13.1 Å². The smallest absolute Gasteiger partial charge is 0.246 e. The van der Waals surface area contributed by atoms with E-state index in [9.17, 15) is 9.59 Å². The van der Waals surface area contributed by atoms with Gasteiger partial charge in [0, 0.05) is 46.3 Å². The topological polar surface area (TPSA) is 80.4 Å². The van der Waals surface area contributed by atoms with Gasteiger partial charge in [0.2, 0.25) is 11.8 Å². The Balaban J connectivity index is 1.45. The number of rotatable bonds is 6. The number of hydrogen-bond donors (Lipinski definition) is 1. The summed E-state index contributed by atoms with van der Waals surface area (Å²) in [6.07, 6.45) is 6.16. The van der Waals surface area contributed by atoms with E-state index in [-0.39, 0.29) is 24.4 Å². The summed E-state index contributed by atoms with van der Waals surface area (Å²) in [5.74, 6) is -0.251. The third-order valence-electron chi connectivity index (χ3n) is 5.82. The van der Waals surface area contributed by atoms with E-state index in [4.69, 9.17) is 16.0 Å². The van der Waals surface area contributed by atoms with Crippen LogP contribution < -0.4 is 5.32 Å². The van der Waals surface area contributed by atoms with Gasteiger partial charge in [0.15, 0.2) is 6.39 Å². The molecular formula is C25H21ClN4O3. The summed E-state index contributed by atoms with van der Waals surface area (Å²) >= 11 is 6.42. The second kappa shape index (κ2) is 8.60. The van der Waals surface area contributed by atoms with Crippen molar-refractivity contribution in [1.82, 2.24) is 19.8 Å². The van der Waals surface area contributed by atoms with Gasteiger partial charge in [0.25, 0.3) is 0 Å². The number of aromatic nitrogens is 2. The van der Waals surface area contributed by atoms with Crippen LogP contribution in [0.3, 0.4) is 0 Å². The van der Waals surface area contributed by atoms with Gasteiger partial charge in [0.1, 0.15) is 18.5 Å². The Morgan fingerprint density at radius 3 is 2.76 bits per heavy atom. The molecule has 1 fully saturated rings. The Kier molecular flexibility index (Phi) is 5.48. The highest BCUT2D eigenvalue weighted by Gasteiger charge is 2.30. The number of hydrogen-bond acceptors (Lipinski definition) is 4. The highest BCUT2D eigenvalue weighted by Crippen LogP contribution is 2.35. The third kappa shape index (κ3) is 4.03. The van der Waals surface area contributed by atoms with Crippen LogP contribution in [0.1, 0.15) is 0 Å². The van der Waals surface area contributed by atoms with Gasteiger partial charge in [-0.15, -0.1) is 0 Å². The number of nitrogens with zero attached hydrogens (tertiary/aromatic N) is 3. The molecule has 0 radical (unpaired) electrons. The zero-order valence-corrected chi connectivity index (χ0v) is 18.5. The van der Waals surface area contributed by atoms with Gasteiger partial charge in [-0.25, -0.2) is 4.98 Å². The zero-order valence-electron chi connectivity index (χ0n) is 17.7. The van der Waals surface area contributed by atoms with E-state index in [0.29, 0.717) is 23.8 Å². The number of nitrogens with one attached hydrogen (secondary N) is 1. The lowest BCUT2D eigenvalue weighted by Gasteiger charge is -2.38. The first-order chi connectivity index (χ1) is 16.0. The highest BCUT2D eigenvalue weighted by atomic mass is 35.5. The standard InChI is InChI=1S/C25H21ClN4O3/c1-2-25(32)30-10-17(11-30)28-24(31)13-29-12-20(22-14-33-15-27-22)19-8-7-16(9-23(19)29)18-5-3-4-6-21(18)26/h2-9,12,14-15,17H,1,10-11,13H2,(H,28,31). The van der Waals surface area contributed by atoms with E-state index in [2.05, 4.69) is 16.9 Å². The van der Waals surface area contributed by atoms with E-state index in [1.807, 2.05) is 53.2 Å². The van der Waals surface area contributed by atoms with Gasteiger partial charge < -0.3 is 19.2 Å². The van der Waals surface area contributed by atoms with E-state index in [1.54, 1.807) is 11.2 Å². The molecule has 2 amide bonds. The third-order valence-corrected chi connectivity index (χ3v) is 6.15. The minimum Gasteiger partial charge on any atom is -0.451 e. The Morgan fingerprint density at radius 1 is 1.21 bits per heavy atom. The lowest BCUT2D eigenvalue weighted by molar-refractivity contribution is -0.133. The van der Waals surface area contributed by atoms with Crippen molar-refractivity contribution < 1.29 is 14.0 Å². The number of fused-ring (bicyclic) bond motifs is 1. The number of oxazole rings is 1.